The lowest BCUT2D eigenvalue weighted by Gasteiger charge is -2.07. The fourth-order valence-electron chi connectivity index (χ4n) is 1.35. The Balaban J connectivity index is 2.88. The molecule has 0 saturated carbocycles. The zero-order chi connectivity index (χ0) is 11.1. The van der Waals surface area contributed by atoms with Gasteiger partial charge >= 0.3 is 6.92 Å². The first-order valence-electron chi connectivity index (χ1n) is 4.98. The molecule has 76 valence electrons. The second kappa shape index (κ2) is 6.04. The number of allylic oxidation sites excluding steroid dienone is 5. The normalized spacial score (nSPS) is 11.7. The summed E-state index contributed by atoms with van der Waals surface area (Å²) in [5.41, 5.74) is 1.78. The van der Waals surface area contributed by atoms with Gasteiger partial charge in [0.2, 0.25) is 0 Å². The summed E-state index contributed by atoms with van der Waals surface area (Å²) in [6.07, 6.45) is 7.28. The van der Waals surface area contributed by atoms with Crippen LogP contribution in [0.5, 0.6) is 0 Å². The van der Waals surface area contributed by atoms with E-state index in [4.69, 9.17) is 0 Å². The SMILES string of the molecule is C=C/C=C\C(=C/C)B(O)c1ccccc1. The van der Waals surface area contributed by atoms with Crippen LogP contribution < -0.4 is 5.46 Å². The third-order valence-electron chi connectivity index (χ3n) is 2.19. The van der Waals surface area contributed by atoms with Gasteiger partial charge in [0.25, 0.3) is 0 Å². The molecule has 1 nitrogen and oxygen atoms in total. The summed E-state index contributed by atoms with van der Waals surface area (Å²) in [5, 5.41) is 10.1. The lowest BCUT2D eigenvalue weighted by atomic mass is 9.55. The Bertz CT molecular complexity index is 365. The van der Waals surface area contributed by atoms with Crippen molar-refractivity contribution in [2.24, 2.45) is 0 Å². The Hall–Kier alpha value is -1.54. The molecule has 1 N–H and O–H groups in total. The van der Waals surface area contributed by atoms with E-state index in [-0.39, 0.29) is 0 Å². The van der Waals surface area contributed by atoms with Crippen LogP contribution in [0.15, 0.2) is 66.7 Å². The Labute approximate surface area is 91.6 Å². The molecule has 0 bridgehead atoms. The Kier molecular flexibility index (Phi) is 4.65. The van der Waals surface area contributed by atoms with Crippen LogP contribution in [0.3, 0.4) is 0 Å². The summed E-state index contributed by atoms with van der Waals surface area (Å²) in [6, 6.07) is 9.60. The highest BCUT2D eigenvalue weighted by Gasteiger charge is 2.15. The van der Waals surface area contributed by atoms with Gasteiger partial charge in [-0.25, -0.2) is 0 Å². The van der Waals surface area contributed by atoms with Crippen molar-refractivity contribution in [3.05, 3.63) is 66.7 Å². The Morgan fingerprint density at radius 3 is 2.53 bits per heavy atom. The first kappa shape index (κ1) is 11.5. The first-order chi connectivity index (χ1) is 7.29. The molecule has 1 aromatic carbocycles. The minimum Gasteiger partial charge on any atom is -0.443 e. The summed E-state index contributed by atoms with van der Waals surface area (Å²) >= 11 is 0. The van der Waals surface area contributed by atoms with Crippen molar-refractivity contribution < 1.29 is 5.02 Å². The van der Waals surface area contributed by atoms with Gasteiger partial charge in [-0.15, -0.1) is 0 Å². The quantitative estimate of drug-likeness (QED) is 0.580. The van der Waals surface area contributed by atoms with Gasteiger partial charge in [0.1, 0.15) is 0 Å². The molecule has 0 aliphatic rings. The number of hydrogen-bond donors (Lipinski definition) is 1. The summed E-state index contributed by atoms with van der Waals surface area (Å²) in [4.78, 5) is 0. The standard InChI is InChI=1S/C13H15BO/c1-3-5-9-12(4-2)14(15)13-10-7-6-8-11-13/h3-11,15H,1H2,2H3/b9-5-,12-4+. The van der Waals surface area contributed by atoms with E-state index in [1.54, 1.807) is 6.08 Å². The molecule has 15 heavy (non-hydrogen) atoms. The zero-order valence-electron chi connectivity index (χ0n) is 8.93. The molecule has 0 aliphatic heterocycles. The van der Waals surface area contributed by atoms with Crippen molar-refractivity contribution in [1.82, 2.24) is 0 Å². The lowest BCUT2D eigenvalue weighted by molar-refractivity contribution is 0.596. The molecule has 2 heteroatoms. The fraction of sp³-hybridized carbons (Fsp3) is 0.0769. The van der Waals surface area contributed by atoms with Crippen LogP contribution in [-0.4, -0.2) is 11.9 Å². The van der Waals surface area contributed by atoms with Gasteiger partial charge in [0.05, 0.1) is 0 Å². The van der Waals surface area contributed by atoms with Gasteiger partial charge in [0.15, 0.2) is 0 Å². The van der Waals surface area contributed by atoms with Crippen LogP contribution in [-0.2, 0) is 0 Å². The molecular formula is C13H15BO. The molecule has 0 saturated heterocycles. The van der Waals surface area contributed by atoms with E-state index < -0.39 is 6.92 Å². The topological polar surface area (TPSA) is 20.2 Å². The minimum absolute atomic E-state index is 0.563. The van der Waals surface area contributed by atoms with Crippen LogP contribution in [0.25, 0.3) is 0 Å². The molecule has 0 atom stereocenters. The van der Waals surface area contributed by atoms with E-state index in [0.29, 0.717) is 0 Å². The predicted octanol–water partition coefficient (Wildman–Crippen LogP) is 2.11. The molecule has 0 aromatic heterocycles. The molecular weight excluding hydrogens is 183 g/mol. The molecule has 0 radical (unpaired) electrons. The molecule has 0 aliphatic carbocycles. The summed E-state index contributed by atoms with van der Waals surface area (Å²) in [6.45, 7) is 4.95. The third kappa shape index (κ3) is 3.26. The third-order valence-corrected chi connectivity index (χ3v) is 2.19. The zero-order valence-corrected chi connectivity index (χ0v) is 8.93. The Morgan fingerprint density at radius 1 is 1.33 bits per heavy atom. The molecule has 0 fully saturated rings. The lowest BCUT2D eigenvalue weighted by Crippen LogP contribution is -2.31. The largest absolute Gasteiger partial charge is 0.443 e. The van der Waals surface area contributed by atoms with Crippen molar-refractivity contribution in [2.75, 3.05) is 0 Å². The second-order valence-electron chi connectivity index (χ2n) is 3.20. The summed E-state index contributed by atoms with van der Waals surface area (Å²) in [7, 11) is 0. The van der Waals surface area contributed by atoms with E-state index in [2.05, 4.69) is 6.58 Å². The second-order valence-corrected chi connectivity index (χ2v) is 3.20. The maximum Gasteiger partial charge on any atom is 0.358 e. The van der Waals surface area contributed by atoms with Crippen LogP contribution in [0.1, 0.15) is 6.92 Å². The smallest absolute Gasteiger partial charge is 0.358 e. The van der Waals surface area contributed by atoms with Crippen molar-refractivity contribution in [3.63, 3.8) is 0 Å². The van der Waals surface area contributed by atoms with Crippen LogP contribution in [0.2, 0.25) is 0 Å². The molecule has 1 rings (SSSR count). The molecule has 0 heterocycles. The molecule has 0 spiro atoms. The maximum atomic E-state index is 10.1. The number of hydrogen-bond acceptors (Lipinski definition) is 1. The van der Waals surface area contributed by atoms with Crippen molar-refractivity contribution in [2.45, 2.75) is 6.92 Å². The van der Waals surface area contributed by atoms with E-state index in [9.17, 15) is 5.02 Å². The number of benzene rings is 1. The van der Waals surface area contributed by atoms with Crippen molar-refractivity contribution in [1.29, 1.82) is 0 Å². The van der Waals surface area contributed by atoms with Gasteiger partial charge in [-0.2, -0.15) is 0 Å². The molecule has 0 unspecified atom stereocenters. The average molecular weight is 198 g/mol. The van der Waals surface area contributed by atoms with E-state index in [1.165, 1.54) is 0 Å². The van der Waals surface area contributed by atoms with Gasteiger partial charge in [0, 0.05) is 0 Å². The van der Waals surface area contributed by atoms with Crippen LogP contribution in [0.4, 0.5) is 0 Å². The highest BCUT2D eigenvalue weighted by Crippen LogP contribution is 2.02. The highest BCUT2D eigenvalue weighted by atomic mass is 16.2. The van der Waals surface area contributed by atoms with E-state index >= 15 is 0 Å². The average Bonchev–Trinajstić information content (AvgIpc) is 2.31. The van der Waals surface area contributed by atoms with E-state index in [0.717, 1.165) is 10.9 Å². The summed E-state index contributed by atoms with van der Waals surface area (Å²) < 4.78 is 0. The van der Waals surface area contributed by atoms with Crippen molar-refractivity contribution in [3.8, 4) is 0 Å². The van der Waals surface area contributed by atoms with Crippen molar-refractivity contribution >= 4 is 12.4 Å². The van der Waals surface area contributed by atoms with Crippen LogP contribution >= 0.6 is 0 Å². The predicted molar refractivity (Wildman–Crippen MR) is 67.1 cm³/mol. The van der Waals surface area contributed by atoms with Gasteiger partial charge in [-0.3, -0.25) is 0 Å². The highest BCUT2D eigenvalue weighted by molar-refractivity contribution is 6.73. The molecule has 1 aromatic rings. The van der Waals surface area contributed by atoms with Gasteiger partial charge in [-0.05, 0) is 17.9 Å². The fourth-order valence-corrected chi connectivity index (χ4v) is 1.35. The first-order valence-corrected chi connectivity index (χ1v) is 4.98. The maximum absolute atomic E-state index is 10.1. The molecule has 0 amide bonds. The summed E-state index contributed by atoms with van der Waals surface area (Å²) in [5.74, 6) is 0. The van der Waals surface area contributed by atoms with Gasteiger partial charge in [-0.1, -0.05) is 61.2 Å². The Morgan fingerprint density at radius 2 is 2.00 bits per heavy atom. The van der Waals surface area contributed by atoms with Crippen LogP contribution in [0, 0.1) is 0 Å². The monoisotopic (exact) mass is 198 g/mol. The number of rotatable bonds is 4. The van der Waals surface area contributed by atoms with Gasteiger partial charge < -0.3 is 5.02 Å². The minimum atomic E-state index is -0.563. The van der Waals surface area contributed by atoms with E-state index in [1.807, 2.05) is 55.5 Å².